The molecule has 170 valence electrons. The van der Waals surface area contributed by atoms with E-state index in [0.29, 0.717) is 38.3 Å². The molecule has 2 heterocycles. The number of aromatic hydroxyl groups is 1. The average Bonchev–Trinajstić information content (AvgIpc) is 2.68. The molecule has 1 fully saturated rings. The first-order valence-corrected chi connectivity index (χ1v) is 9.98. The third-order valence-corrected chi connectivity index (χ3v) is 4.91. The van der Waals surface area contributed by atoms with Crippen LogP contribution in [0.4, 0.5) is 9.18 Å². The maximum absolute atomic E-state index is 13.0. The lowest BCUT2D eigenvalue weighted by atomic mass is 10.2. The Kier molecular flexibility index (Phi) is 7.84. The van der Waals surface area contributed by atoms with Gasteiger partial charge in [-0.15, -0.1) is 0 Å². The number of hydrogen-bond acceptors (Lipinski definition) is 5. The van der Waals surface area contributed by atoms with E-state index in [2.05, 4.69) is 4.90 Å². The zero-order valence-corrected chi connectivity index (χ0v) is 17.6. The van der Waals surface area contributed by atoms with Gasteiger partial charge >= 0.3 is 6.09 Å². The van der Waals surface area contributed by atoms with E-state index in [-0.39, 0.29) is 31.6 Å². The van der Waals surface area contributed by atoms with Gasteiger partial charge in [0, 0.05) is 44.5 Å². The van der Waals surface area contributed by atoms with Gasteiger partial charge in [-0.2, -0.15) is 0 Å². The summed E-state index contributed by atoms with van der Waals surface area (Å²) >= 11 is 0. The van der Waals surface area contributed by atoms with E-state index in [4.69, 9.17) is 4.74 Å². The van der Waals surface area contributed by atoms with Crippen LogP contribution in [0.1, 0.15) is 39.3 Å². The van der Waals surface area contributed by atoms with Gasteiger partial charge in [0.05, 0.1) is 6.54 Å². The number of benzene rings is 1. The van der Waals surface area contributed by atoms with Gasteiger partial charge in [0.15, 0.2) is 5.75 Å². The molecule has 7 nitrogen and oxygen atoms in total. The highest BCUT2D eigenvalue weighted by atomic mass is 19.1. The van der Waals surface area contributed by atoms with E-state index in [1.54, 1.807) is 29.3 Å². The summed E-state index contributed by atoms with van der Waals surface area (Å²) in [5.74, 6) is -0.620. The van der Waals surface area contributed by atoms with Crippen molar-refractivity contribution in [2.75, 3.05) is 26.2 Å². The molecule has 0 radical (unpaired) electrons. The zero-order chi connectivity index (χ0) is 21.9. The Morgan fingerprint density at radius 2 is 1.68 bits per heavy atom. The van der Waals surface area contributed by atoms with Crippen LogP contribution in [-0.2, 0) is 17.8 Å². The Morgan fingerprint density at radius 3 is 2.26 bits per heavy atom. The summed E-state index contributed by atoms with van der Waals surface area (Å²) in [7, 11) is 0. The van der Waals surface area contributed by atoms with Crippen molar-refractivity contribution in [3.05, 3.63) is 63.8 Å². The number of nitrogens with zero attached hydrogens (tertiary/aromatic N) is 3. The Morgan fingerprint density at radius 1 is 1.06 bits per heavy atom. The molecule has 3 rings (SSSR count). The molecule has 0 bridgehead atoms. The molecule has 1 amide bonds. The fourth-order valence-corrected chi connectivity index (χ4v) is 3.29. The second kappa shape index (κ2) is 9.96. The molecule has 0 spiro atoms. The summed E-state index contributed by atoms with van der Waals surface area (Å²) in [6.07, 6.45) is 1.31. The summed E-state index contributed by atoms with van der Waals surface area (Å²) in [5.41, 5.74) is 0.298. The van der Waals surface area contributed by atoms with Gasteiger partial charge < -0.3 is 19.3 Å². The highest BCUT2D eigenvalue weighted by Gasteiger charge is 2.26. The minimum atomic E-state index is -0.530. The molecular formula is C23H32FN3O4. The quantitative estimate of drug-likeness (QED) is 0.800. The van der Waals surface area contributed by atoms with Crippen LogP contribution in [0.25, 0.3) is 0 Å². The molecule has 0 aliphatic carbocycles. The average molecular weight is 434 g/mol. The number of pyridine rings is 1. The van der Waals surface area contributed by atoms with Crippen LogP contribution in [-0.4, -0.2) is 57.3 Å². The lowest BCUT2D eigenvalue weighted by Gasteiger charge is -2.35. The molecule has 0 unspecified atom stereocenters. The van der Waals surface area contributed by atoms with E-state index in [1.165, 1.54) is 16.7 Å². The van der Waals surface area contributed by atoms with Crippen LogP contribution >= 0.6 is 0 Å². The Balaban J connectivity index is 0.00000341. The van der Waals surface area contributed by atoms with Gasteiger partial charge in [-0.05, 0) is 44.5 Å². The molecule has 8 heteroatoms. The number of amides is 1. The van der Waals surface area contributed by atoms with Crippen LogP contribution < -0.4 is 5.56 Å². The maximum atomic E-state index is 13.0. The molecule has 1 aromatic heterocycles. The molecular weight excluding hydrogens is 401 g/mol. The van der Waals surface area contributed by atoms with E-state index in [9.17, 15) is 19.1 Å². The first-order valence-electron chi connectivity index (χ1n) is 9.98. The SMILES string of the molecule is C.CC(C)(C)OC(=O)N1CCN(Cc2ccn(Cc3ccc(F)cc3)c(=O)c2O)CC1. The van der Waals surface area contributed by atoms with Crippen molar-refractivity contribution < 1.29 is 19.0 Å². The summed E-state index contributed by atoms with van der Waals surface area (Å²) in [5, 5.41) is 10.4. The topological polar surface area (TPSA) is 75.0 Å². The summed E-state index contributed by atoms with van der Waals surface area (Å²) < 4.78 is 19.8. The first-order chi connectivity index (χ1) is 14.1. The summed E-state index contributed by atoms with van der Waals surface area (Å²) in [6.45, 7) is 8.47. The van der Waals surface area contributed by atoms with Gasteiger partial charge in [-0.25, -0.2) is 9.18 Å². The largest absolute Gasteiger partial charge is 0.503 e. The van der Waals surface area contributed by atoms with Gasteiger partial charge in [0.1, 0.15) is 11.4 Å². The second-order valence-corrected chi connectivity index (χ2v) is 8.49. The summed E-state index contributed by atoms with van der Waals surface area (Å²) in [6, 6.07) is 7.62. The van der Waals surface area contributed by atoms with Crippen molar-refractivity contribution in [2.24, 2.45) is 0 Å². The summed E-state index contributed by atoms with van der Waals surface area (Å²) in [4.78, 5) is 28.4. The Labute approximate surface area is 182 Å². The van der Waals surface area contributed by atoms with E-state index >= 15 is 0 Å². The monoisotopic (exact) mass is 433 g/mol. The second-order valence-electron chi connectivity index (χ2n) is 8.49. The molecule has 1 aliphatic rings. The minimum absolute atomic E-state index is 0. The molecule has 1 aromatic carbocycles. The molecule has 2 aromatic rings. The number of rotatable bonds is 4. The third kappa shape index (κ3) is 6.55. The standard InChI is InChI=1S/C22H28FN3O4.CH4/c1-22(2,3)30-21(29)25-12-10-24(11-13-25)15-17-8-9-26(20(28)19(17)27)14-16-4-6-18(23)7-5-16;/h4-9,27H,10-15H2,1-3H3;1H4. The Bertz CT molecular complexity index is 943. The third-order valence-electron chi connectivity index (χ3n) is 4.91. The highest BCUT2D eigenvalue weighted by molar-refractivity contribution is 5.68. The molecule has 0 atom stereocenters. The Hall–Kier alpha value is -2.87. The lowest BCUT2D eigenvalue weighted by Crippen LogP contribution is -2.49. The zero-order valence-electron chi connectivity index (χ0n) is 17.6. The molecule has 31 heavy (non-hydrogen) atoms. The van der Waals surface area contributed by atoms with Gasteiger partial charge in [-0.3, -0.25) is 9.69 Å². The molecule has 1 N–H and O–H groups in total. The van der Waals surface area contributed by atoms with Crippen molar-refractivity contribution in [1.29, 1.82) is 0 Å². The van der Waals surface area contributed by atoms with Crippen LogP contribution in [0.15, 0.2) is 41.3 Å². The van der Waals surface area contributed by atoms with Crippen molar-refractivity contribution in [2.45, 2.75) is 46.9 Å². The fourth-order valence-electron chi connectivity index (χ4n) is 3.29. The first kappa shape index (κ1) is 24.4. The van der Waals surface area contributed by atoms with Crippen LogP contribution in [0, 0.1) is 5.82 Å². The van der Waals surface area contributed by atoms with E-state index < -0.39 is 11.2 Å². The number of aromatic nitrogens is 1. The van der Waals surface area contributed by atoms with Gasteiger partial charge in [0.2, 0.25) is 0 Å². The number of carbonyl (C=O) groups is 1. The number of halogens is 1. The number of carbonyl (C=O) groups excluding carboxylic acids is 1. The predicted molar refractivity (Wildman–Crippen MR) is 118 cm³/mol. The van der Waals surface area contributed by atoms with Crippen LogP contribution in [0.3, 0.4) is 0 Å². The van der Waals surface area contributed by atoms with Crippen LogP contribution in [0.5, 0.6) is 5.75 Å². The van der Waals surface area contributed by atoms with E-state index in [0.717, 1.165) is 5.56 Å². The molecule has 1 saturated heterocycles. The predicted octanol–water partition coefficient (Wildman–Crippen LogP) is 3.43. The van der Waals surface area contributed by atoms with E-state index in [1.807, 2.05) is 20.8 Å². The highest BCUT2D eigenvalue weighted by Crippen LogP contribution is 2.17. The fraction of sp³-hybridized carbons (Fsp3) is 0.478. The van der Waals surface area contributed by atoms with Crippen molar-refractivity contribution >= 4 is 6.09 Å². The lowest BCUT2D eigenvalue weighted by molar-refractivity contribution is 0.0138. The number of piperazine rings is 1. The number of ether oxygens (including phenoxy) is 1. The van der Waals surface area contributed by atoms with Crippen molar-refractivity contribution in [1.82, 2.24) is 14.4 Å². The maximum Gasteiger partial charge on any atom is 0.410 e. The van der Waals surface area contributed by atoms with Crippen molar-refractivity contribution in [3.8, 4) is 5.75 Å². The molecule has 0 saturated carbocycles. The minimum Gasteiger partial charge on any atom is -0.503 e. The van der Waals surface area contributed by atoms with Gasteiger partial charge in [0.25, 0.3) is 5.56 Å². The smallest absolute Gasteiger partial charge is 0.410 e. The van der Waals surface area contributed by atoms with Crippen molar-refractivity contribution in [3.63, 3.8) is 0 Å². The van der Waals surface area contributed by atoms with Crippen LogP contribution in [0.2, 0.25) is 0 Å². The molecule has 1 aliphatic heterocycles. The number of hydrogen-bond donors (Lipinski definition) is 1. The van der Waals surface area contributed by atoms with Gasteiger partial charge in [-0.1, -0.05) is 19.6 Å². The normalized spacial score (nSPS) is 14.8.